The summed E-state index contributed by atoms with van der Waals surface area (Å²) in [5.74, 6) is 0.318. The van der Waals surface area contributed by atoms with E-state index in [1.54, 1.807) is 24.3 Å². The third-order valence-corrected chi connectivity index (χ3v) is 4.27. The summed E-state index contributed by atoms with van der Waals surface area (Å²) in [4.78, 5) is 24.3. The zero-order valence-corrected chi connectivity index (χ0v) is 16.4. The van der Waals surface area contributed by atoms with E-state index in [0.717, 1.165) is 11.1 Å². The zero-order valence-electron chi connectivity index (χ0n) is 16.4. The Morgan fingerprint density at radius 2 is 1.48 bits per heavy atom. The molecule has 0 aliphatic heterocycles. The van der Waals surface area contributed by atoms with Gasteiger partial charge < -0.3 is 15.4 Å². The van der Waals surface area contributed by atoms with Gasteiger partial charge in [0.15, 0.2) is 6.61 Å². The van der Waals surface area contributed by atoms with Crippen molar-refractivity contribution in [2.75, 3.05) is 17.2 Å². The molecule has 0 saturated heterocycles. The molecule has 3 rings (SSSR count). The number of amides is 2. The van der Waals surface area contributed by atoms with Crippen LogP contribution in [0.25, 0.3) is 0 Å². The van der Waals surface area contributed by atoms with Crippen molar-refractivity contribution in [3.05, 3.63) is 90.0 Å². The molecule has 2 N–H and O–H groups in total. The Kier molecular flexibility index (Phi) is 7.00. The van der Waals surface area contributed by atoms with Crippen molar-refractivity contribution in [1.82, 2.24) is 0 Å². The van der Waals surface area contributed by atoms with Gasteiger partial charge in [0.2, 0.25) is 5.91 Å². The molecule has 0 radical (unpaired) electrons. The standard InChI is InChI=1S/C24H24N2O3/c1-18-7-5-12-22(15-18)29-17-24(28)26-21-11-6-10-20(16-21)25-23(27)14-13-19-8-3-2-4-9-19/h2-12,15-16H,13-14,17H2,1H3,(H,25,27)(H,26,28). The second-order valence-electron chi connectivity index (χ2n) is 6.77. The summed E-state index contributed by atoms with van der Waals surface area (Å²) >= 11 is 0. The fourth-order valence-corrected chi connectivity index (χ4v) is 2.85. The van der Waals surface area contributed by atoms with Crippen molar-refractivity contribution in [2.24, 2.45) is 0 Å². The van der Waals surface area contributed by atoms with Crippen molar-refractivity contribution >= 4 is 23.2 Å². The van der Waals surface area contributed by atoms with Crippen molar-refractivity contribution in [3.8, 4) is 5.75 Å². The highest BCUT2D eigenvalue weighted by atomic mass is 16.5. The summed E-state index contributed by atoms with van der Waals surface area (Å²) in [5.41, 5.74) is 3.43. The average molecular weight is 388 g/mol. The molecule has 2 amide bonds. The fraction of sp³-hybridized carbons (Fsp3) is 0.167. The molecule has 0 bridgehead atoms. The molecule has 3 aromatic carbocycles. The van der Waals surface area contributed by atoms with Crippen molar-refractivity contribution in [1.29, 1.82) is 0 Å². The Balaban J connectivity index is 1.48. The van der Waals surface area contributed by atoms with Gasteiger partial charge in [0, 0.05) is 17.8 Å². The van der Waals surface area contributed by atoms with E-state index >= 15 is 0 Å². The summed E-state index contributed by atoms with van der Waals surface area (Å²) in [6.45, 7) is 1.88. The van der Waals surface area contributed by atoms with Gasteiger partial charge in [-0.2, -0.15) is 0 Å². The fourth-order valence-electron chi connectivity index (χ4n) is 2.85. The molecule has 0 unspecified atom stereocenters. The van der Waals surface area contributed by atoms with Gasteiger partial charge in [-0.1, -0.05) is 48.5 Å². The van der Waals surface area contributed by atoms with E-state index in [1.165, 1.54) is 0 Å². The topological polar surface area (TPSA) is 67.4 Å². The van der Waals surface area contributed by atoms with E-state index in [-0.39, 0.29) is 18.4 Å². The maximum absolute atomic E-state index is 12.2. The minimum absolute atomic E-state index is 0.0693. The van der Waals surface area contributed by atoms with Crippen LogP contribution in [0.2, 0.25) is 0 Å². The lowest BCUT2D eigenvalue weighted by Crippen LogP contribution is -2.20. The predicted molar refractivity (Wildman–Crippen MR) is 115 cm³/mol. The molecule has 29 heavy (non-hydrogen) atoms. The van der Waals surface area contributed by atoms with Crippen molar-refractivity contribution < 1.29 is 14.3 Å². The molecule has 0 saturated carbocycles. The van der Waals surface area contributed by atoms with Crippen LogP contribution in [-0.4, -0.2) is 18.4 Å². The molecule has 0 spiro atoms. The van der Waals surface area contributed by atoms with Crippen molar-refractivity contribution in [2.45, 2.75) is 19.8 Å². The van der Waals surface area contributed by atoms with Gasteiger partial charge in [-0.25, -0.2) is 0 Å². The van der Waals surface area contributed by atoms with Crippen LogP contribution < -0.4 is 15.4 Å². The molecule has 0 atom stereocenters. The molecule has 5 heteroatoms. The number of aryl methyl sites for hydroxylation is 2. The second-order valence-corrected chi connectivity index (χ2v) is 6.77. The highest BCUT2D eigenvalue weighted by Gasteiger charge is 2.07. The van der Waals surface area contributed by atoms with Crippen LogP contribution in [0.3, 0.4) is 0 Å². The average Bonchev–Trinajstić information content (AvgIpc) is 2.72. The number of hydrogen-bond acceptors (Lipinski definition) is 3. The molecule has 0 aliphatic rings. The van der Waals surface area contributed by atoms with Crippen LogP contribution >= 0.6 is 0 Å². The molecule has 0 heterocycles. The van der Waals surface area contributed by atoms with Crippen LogP contribution in [0.1, 0.15) is 17.5 Å². The van der Waals surface area contributed by atoms with Gasteiger partial charge in [-0.05, 0) is 54.8 Å². The lowest BCUT2D eigenvalue weighted by atomic mass is 10.1. The summed E-state index contributed by atoms with van der Waals surface area (Å²) in [7, 11) is 0. The van der Waals surface area contributed by atoms with E-state index in [9.17, 15) is 9.59 Å². The molecule has 148 valence electrons. The lowest BCUT2D eigenvalue weighted by Gasteiger charge is -2.10. The molecular weight excluding hydrogens is 364 g/mol. The number of hydrogen-bond donors (Lipinski definition) is 2. The first-order chi connectivity index (χ1) is 14.1. The van der Waals surface area contributed by atoms with E-state index < -0.39 is 0 Å². The highest BCUT2D eigenvalue weighted by Crippen LogP contribution is 2.16. The minimum atomic E-state index is -0.265. The summed E-state index contributed by atoms with van der Waals surface area (Å²) < 4.78 is 5.51. The highest BCUT2D eigenvalue weighted by molar-refractivity contribution is 5.94. The van der Waals surface area contributed by atoms with E-state index in [1.807, 2.05) is 61.5 Å². The first-order valence-corrected chi connectivity index (χ1v) is 9.52. The molecule has 0 aromatic heterocycles. The van der Waals surface area contributed by atoms with Crippen LogP contribution in [0.4, 0.5) is 11.4 Å². The summed E-state index contributed by atoms with van der Waals surface area (Å²) in [6.07, 6.45) is 1.07. The molecule has 0 fully saturated rings. The maximum Gasteiger partial charge on any atom is 0.262 e. The lowest BCUT2D eigenvalue weighted by molar-refractivity contribution is -0.118. The number of anilines is 2. The first kappa shape index (κ1) is 20.1. The molecule has 0 aliphatic carbocycles. The minimum Gasteiger partial charge on any atom is -0.484 e. The Morgan fingerprint density at radius 1 is 0.793 bits per heavy atom. The van der Waals surface area contributed by atoms with Gasteiger partial charge in [0.1, 0.15) is 5.75 Å². The molecule has 3 aromatic rings. The Labute approximate surface area is 170 Å². The van der Waals surface area contributed by atoms with E-state index in [2.05, 4.69) is 10.6 Å². The Morgan fingerprint density at radius 3 is 2.21 bits per heavy atom. The van der Waals surface area contributed by atoms with Gasteiger partial charge >= 0.3 is 0 Å². The number of carbonyl (C=O) groups is 2. The quantitative estimate of drug-likeness (QED) is 0.593. The number of ether oxygens (including phenoxy) is 1. The summed E-state index contributed by atoms with van der Waals surface area (Å²) in [5, 5.41) is 5.65. The van der Waals surface area contributed by atoms with Gasteiger partial charge in [0.25, 0.3) is 5.91 Å². The molecule has 5 nitrogen and oxygen atoms in total. The van der Waals surface area contributed by atoms with Gasteiger partial charge in [0.05, 0.1) is 0 Å². The Bertz CT molecular complexity index is 971. The smallest absolute Gasteiger partial charge is 0.262 e. The van der Waals surface area contributed by atoms with Crippen LogP contribution in [0.15, 0.2) is 78.9 Å². The van der Waals surface area contributed by atoms with Crippen LogP contribution in [0, 0.1) is 6.92 Å². The van der Waals surface area contributed by atoms with E-state index in [0.29, 0.717) is 30.0 Å². The second kappa shape index (κ2) is 10.1. The summed E-state index contributed by atoms with van der Waals surface area (Å²) in [6, 6.07) is 24.5. The third-order valence-electron chi connectivity index (χ3n) is 4.27. The van der Waals surface area contributed by atoms with Gasteiger partial charge in [-0.3, -0.25) is 9.59 Å². The van der Waals surface area contributed by atoms with E-state index in [4.69, 9.17) is 4.74 Å². The number of rotatable bonds is 8. The zero-order chi connectivity index (χ0) is 20.5. The number of carbonyl (C=O) groups excluding carboxylic acids is 2. The largest absolute Gasteiger partial charge is 0.484 e. The van der Waals surface area contributed by atoms with Crippen LogP contribution in [-0.2, 0) is 16.0 Å². The Hall–Kier alpha value is -3.60. The SMILES string of the molecule is Cc1cccc(OCC(=O)Nc2cccc(NC(=O)CCc3ccccc3)c2)c1. The predicted octanol–water partition coefficient (Wildman–Crippen LogP) is 4.58. The van der Waals surface area contributed by atoms with Crippen molar-refractivity contribution in [3.63, 3.8) is 0 Å². The maximum atomic E-state index is 12.2. The number of benzene rings is 3. The third kappa shape index (κ3) is 6.81. The number of nitrogens with one attached hydrogen (secondary N) is 2. The monoisotopic (exact) mass is 388 g/mol. The molecular formula is C24H24N2O3. The van der Waals surface area contributed by atoms with Crippen LogP contribution in [0.5, 0.6) is 5.75 Å². The normalized spacial score (nSPS) is 10.2. The first-order valence-electron chi connectivity index (χ1n) is 9.52. The van der Waals surface area contributed by atoms with Gasteiger partial charge in [-0.15, -0.1) is 0 Å².